The van der Waals surface area contributed by atoms with E-state index in [1.165, 1.54) is 0 Å². The van der Waals surface area contributed by atoms with E-state index < -0.39 is 5.60 Å². The molecule has 1 fully saturated rings. The van der Waals surface area contributed by atoms with Gasteiger partial charge < -0.3 is 20.1 Å². The number of nitrogens with one attached hydrogen (secondary N) is 1. The molecule has 1 saturated heterocycles. The lowest BCUT2D eigenvalue weighted by atomic mass is 9.84. The molecule has 2 aliphatic heterocycles. The molecule has 2 heterocycles. The molecular weight excluding hydrogens is 432 g/mol. The SMILES string of the molecule is O=C1CCc2cc(OCCCN3CCC(O)(c4ccccc4Br)CC3)ccc2N1. The highest BCUT2D eigenvalue weighted by Gasteiger charge is 2.35. The Morgan fingerprint density at radius 3 is 2.72 bits per heavy atom. The minimum atomic E-state index is -0.744. The quantitative estimate of drug-likeness (QED) is 0.639. The summed E-state index contributed by atoms with van der Waals surface area (Å²) in [5.41, 5.74) is 2.29. The van der Waals surface area contributed by atoms with Crippen molar-refractivity contribution < 1.29 is 14.6 Å². The summed E-state index contributed by atoms with van der Waals surface area (Å²) in [5, 5.41) is 14.0. The topological polar surface area (TPSA) is 61.8 Å². The number of aryl methyl sites for hydroxylation is 1. The lowest BCUT2D eigenvalue weighted by Gasteiger charge is -2.39. The van der Waals surface area contributed by atoms with E-state index in [0.29, 0.717) is 13.0 Å². The van der Waals surface area contributed by atoms with Gasteiger partial charge in [0.15, 0.2) is 0 Å². The van der Waals surface area contributed by atoms with E-state index >= 15 is 0 Å². The number of carbonyl (C=O) groups excluding carboxylic acids is 1. The Morgan fingerprint density at radius 2 is 1.93 bits per heavy atom. The summed E-state index contributed by atoms with van der Waals surface area (Å²) < 4.78 is 6.90. The van der Waals surface area contributed by atoms with Gasteiger partial charge in [-0.3, -0.25) is 4.79 Å². The van der Waals surface area contributed by atoms with Crippen LogP contribution in [0.4, 0.5) is 5.69 Å². The van der Waals surface area contributed by atoms with Gasteiger partial charge in [0.1, 0.15) is 5.75 Å². The number of ether oxygens (including phenoxy) is 1. The maximum Gasteiger partial charge on any atom is 0.224 e. The molecule has 2 aliphatic rings. The average Bonchev–Trinajstić information content (AvgIpc) is 2.73. The summed E-state index contributed by atoms with van der Waals surface area (Å²) in [6.07, 6.45) is 3.74. The van der Waals surface area contributed by atoms with Crippen LogP contribution in [0, 0.1) is 0 Å². The Kier molecular flexibility index (Phi) is 6.23. The maximum absolute atomic E-state index is 11.4. The van der Waals surface area contributed by atoms with Crippen molar-refractivity contribution in [3.8, 4) is 5.75 Å². The summed E-state index contributed by atoms with van der Waals surface area (Å²) in [4.78, 5) is 13.8. The molecule has 0 radical (unpaired) electrons. The molecular formula is C23H27BrN2O3. The number of piperidine rings is 1. The van der Waals surface area contributed by atoms with Gasteiger partial charge in [-0.1, -0.05) is 34.1 Å². The molecule has 154 valence electrons. The fourth-order valence-corrected chi connectivity index (χ4v) is 4.84. The predicted octanol–water partition coefficient (Wildman–Crippen LogP) is 4.09. The number of hydrogen-bond donors (Lipinski definition) is 2. The second-order valence-corrected chi connectivity index (χ2v) is 8.78. The Hall–Kier alpha value is -1.89. The van der Waals surface area contributed by atoms with Gasteiger partial charge in [-0.2, -0.15) is 0 Å². The fourth-order valence-electron chi connectivity index (χ4n) is 4.18. The van der Waals surface area contributed by atoms with Crippen molar-refractivity contribution in [2.75, 3.05) is 31.6 Å². The summed E-state index contributed by atoms with van der Waals surface area (Å²) in [6, 6.07) is 13.8. The number of carbonyl (C=O) groups is 1. The number of aliphatic hydroxyl groups is 1. The maximum atomic E-state index is 11.4. The molecule has 29 heavy (non-hydrogen) atoms. The number of amides is 1. The Morgan fingerprint density at radius 1 is 1.14 bits per heavy atom. The number of rotatable bonds is 6. The molecule has 0 saturated carbocycles. The van der Waals surface area contributed by atoms with Crippen molar-refractivity contribution in [3.63, 3.8) is 0 Å². The lowest BCUT2D eigenvalue weighted by Crippen LogP contribution is -2.43. The Bertz CT molecular complexity index is 878. The number of benzene rings is 2. The van der Waals surface area contributed by atoms with E-state index in [2.05, 4.69) is 26.1 Å². The van der Waals surface area contributed by atoms with Crippen molar-refractivity contribution >= 4 is 27.5 Å². The molecule has 0 aliphatic carbocycles. The molecule has 4 rings (SSSR count). The first-order valence-electron chi connectivity index (χ1n) is 10.3. The molecule has 0 atom stereocenters. The van der Waals surface area contributed by atoms with E-state index in [-0.39, 0.29) is 5.91 Å². The molecule has 2 aromatic rings. The van der Waals surface area contributed by atoms with Crippen LogP contribution in [0.3, 0.4) is 0 Å². The molecule has 0 aromatic heterocycles. The highest BCUT2D eigenvalue weighted by atomic mass is 79.9. The van der Waals surface area contributed by atoms with Crippen LogP contribution in [0.2, 0.25) is 0 Å². The van der Waals surface area contributed by atoms with Gasteiger partial charge in [0.05, 0.1) is 12.2 Å². The zero-order chi connectivity index (χ0) is 20.3. The van der Waals surface area contributed by atoms with E-state index in [1.54, 1.807) is 0 Å². The predicted molar refractivity (Wildman–Crippen MR) is 117 cm³/mol. The second-order valence-electron chi connectivity index (χ2n) is 7.92. The third-order valence-electron chi connectivity index (χ3n) is 5.92. The van der Waals surface area contributed by atoms with Crippen LogP contribution >= 0.6 is 15.9 Å². The monoisotopic (exact) mass is 458 g/mol. The molecule has 2 N–H and O–H groups in total. The van der Waals surface area contributed by atoms with Crippen LogP contribution in [-0.4, -0.2) is 42.2 Å². The van der Waals surface area contributed by atoms with Crippen LogP contribution < -0.4 is 10.1 Å². The van der Waals surface area contributed by atoms with E-state index in [9.17, 15) is 9.90 Å². The van der Waals surface area contributed by atoms with Gasteiger partial charge in [-0.15, -0.1) is 0 Å². The number of fused-ring (bicyclic) bond motifs is 1. The largest absolute Gasteiger partial charge is 0.494 e. The van der Waals surface area contributed by atoms with Crippen LogP contribution in [-0.2, 0) is 16.8 Å². The fraction of sp³-hybridized carbons (Fsp3) is 0.435. The highest BCUT2D eigenvalue weighted by molar-refractivity contribution is 9.10. The molecule has 0 bridgehead atoms. The zero-order valence-corrected chi connectivity index (χ0v) is 18.1. The van der Waals surface area contributed by atoms with Gasteiger partial charge in [-0.05, 0) is 61.1 Å². The minimum Gasteiger partial charge on any atom is -0.494 e. The molecule has 0 unspecified atom stereocenters. The summed E-state index contributed by atoms with van der Waals surface area (Å²) >= 11 is 3.57. The summed E-state index contributed by atoms with van der Waals surface area (Å²) in [7, 11) is 0. The third-order valence-corrected chi connectivity index (χ3v) is 6.61. The van der Waals surface area contributed by atoms with Crippen molar-refractivity contribution in [2.45, 2.75) is 37.7 Å². The van der Waals surface area contributed by atoms with Crippen molar-refractivity contribution in [2.24, 2.45) is 0 Å². The molecule has 2 aromatic carbocycles. The number of likely N-dealkylation sites (tertiary alicyclic amines) is 1. The van der Waals surface area contributed by atoms with Gasteiger partial charge in [0.2, 0.25) is 5.91 Å². The van der Waals surface area contributed by atoms with Crippen LogP contribution in [0.1, 0.15) is 36.8 Å². The van der Waals surface area contributed by atoms with Crippen LogP contribution in [0.15, 0.2) is 46.9 Å². The van der Waals surface area contributed by atoms with E-state index in [1.807, 2.05) is 42.5 Å². The zero-order valence-electron chi connectivity index (χ0n) is 16.5. The summed E-state index contributed by atoms with van der Waals surface area (Å²) in [5.74, 6) is 0.945. The minimum absolute atomic E-state index is 0.0826. The third kappa shape index (κ3) is 4.82. The first kappa shape index (κ1) is 20.4. The van der Waals surface area contributed by atoms with Crippen LogP contribution in [0.25, 0.3) is 0 Å². The van der Waals surface area contributed by atoms with Gasteiger partial charge in [0.25, 0.3) is 0 Å². The second kappa shape index (κ2) is 8.86. The molecule has 5 nitrogen and oxygen atoms in total. The van der Waals surface area contributed by atoms with Crippen molar-refractivity contribution in [3.05, 3.63) is 58.1 Å². The Labute approximate surface area is 180 Å². The van der Waals surface area contributed by atoms with Crippen molar-refractivity contribution in [1.29, 1.82) is 0 Å². The number of anilines is 1. The van der Waals surface area contributed by atoms with E-state index in [0.717, 1.165) is 72.4 Å². The molecule has 1 amide bonds. The highest BCUT2D eigenvalue weighted by Crippen LogP contribution is 2.36. The smallest absolute Gasteiger partial charge is 0.224 e. The van der Waals surface area contributed by atoms with Gasteiger partial charge in [0, 0.05) is 36.2 Å². The average molecular weight is 459 g/mol. The molecule has 0 spiro atoms. The lowest BCUT2D eigenvalue weighted by molar-refractivity contribution is -0.116. The van der Waals surface area contributed by atoms with Crippen LogP contribution in [0.5, 0.6) is 5.75 Å². The number of hydrogen-bond acceptors (Lipinski definition) is 4. The first-order chi connectivity index (χ1) is 14.0. The number of nitrogens with zero attached hydrogens (tertiary/aromatic N) is 1. The van der Waals surface area contributed by atoms with Crippen molar-refractivity contribution in [1.82, 2.24) is 4.90 Å². The van der Waals surface area contributed by atoms with Gasteiger partial charge in [-0.25, -0.2) is 0 Å². The molecule has 6 heteroatoms. The normalized spacial score (nSPS) is 18.8. The Balaban J connectivity index is 1.22. The van der Waals surface area contributed by atoms with Gasteiger partial charge >= 0.3 is 0 Å². The standard InChI is InChI=1S/C23H27BrN2O3/c24-20-5-2-1-4-19(20)23(28)10-13-26(14-11-23)12-3-15-29-18-7-8-21-17(16-18)6-9-22(27)25-21/h1-2,4-5,7-8,16,28H,3,6,9-15H2,(H,25,27). The first-order valence-corrected chi connectivity index (χ1v) is 11.1. The summed E-state index contributed by atoms with van der Waals surface area (Å²) in [6.45, 7) is 3.40. The van der Waals surface area contributed by atoms with E-state index in [4.69, 9.17) is 4.74 Å². The number of halogens is 1.